The van der Waals surface area contributed by atoms with E-state index in [1.165, 1.54) is 0 Å². The van der Waals surface area contributed by atoms with E-state index in [0.29, 0.717) is 0 Å². The molecule has 0 N–H and O–H groups in total. The minimum Gasteiger partial charge on any atom is -0.376 e. The highest BCUT2D eigenvalue weighted by molar-refractivity contribution is 5.85. The number of carbonyl (C=O) groups excluding carboxylic acids is 1. The third-order valence-corrected chi connectivity index (χ3v) is 4.83. The summed E-state index contributed by atoms with van der Waals surface area (Å²) in [6.45, 7) is -0.526. The molecule has 0 saturated heterocycles. The lowest BCUT2D eigenvalue weighted by atomic mass is 10.1. The second-order valence-corrected chi connectivity index (χ2v) is 6.70. The zero-order chi connectivity index (χ0) is 20.0. The maximum Gasteiger partial charge on any atom is 0.269 e. The highest BCUT2D eigenvalue weighted by Gasteiger charge is 2.83. The van der Waals surface area contributed by atoms with Gasteiger partial charge in [0.15, 0.2) is 0 Å². The first-order chi connectivity index (χ1) is 13.5. The Labute approximate surface area is 160 Å². The van der Waals surface area contributed by atoms with Crippen LogP contribution in [0.5, 0.6) is 0 Å². The summed E-state index contributed by atoms with van der Waals surface area (Å²) in [4.78, 5) is 14.2. The summed E-state index contributed by atoms with van der Waals surface area (Å²) in [5, 5.41) is 2.86. The molecule has 2 aromatic carbocycles. The molecule has 146 valence electrons. The predicted molar refractivity (Wildman–Crippen MR) is 97.2 cm³/mol. The summed E-state index contributed by atoms with van der Waals surface area (Å²) in [5.41, 5.74) is 8.24. The van der Waals surface area contributed by atoms with Gasteiger partial charge in [-0.25, -0.2) is 8.78 Å². The highest BCUT2D eigenvalue weighted by atomic mass is 19.3. The number of rotatable bonds is 9. The molecule has 1 amide bonds. The average Bonchev–Trinajstić information content (AvgIpc) is 3.18. The maximum atomic E-state index is 14.6. The van der Waals surface area contributed by atoms with Gasteiger partial charge in [-0.05, 0) is 21.8 Å². The van der Waals surface area contributed by atoms with Crippen molar-refractivity contribution in [3.63, 3.8) is 0 Å². The van der Waals surface area contributed by atoms with Crippen LogP contribution in [0.4, 0.5) is 8.78 Å². The molecule has 2 aromatic rings. The summed E-state index contributed by atoms with van der Waals surface area (Å²) in [6, 6.07) is 18.2. The third-order valence-electron chi connectivity index (χ3n) is 4.83. The summed E-state index contributed by atoms with van der Waals surface area (Å²) in [6.07, 6.45) is 0. The lowest BCUT2D eigenvalue weighted by molar-refractivity contribution is -0.121. The van der Waals surface area contributed by atoms with E-state index in [0.717, 1.165) is 11.1 Å². The molecule has 0 aromatic heterocycles. The van der Waals surface area contributed by atoms with Crippen molar-refractivity contribution in [3.8, 4) is 0 Å². The van der Waals surface area contributed by atoms with E-state index >= 15 is 0 Å². The second kappa shape index (κ2) is 8.48. The van der Waals surface area contributed by atoms with Crippen LogP contribution in [0.25, 0.3) is 10.4 Å². The first kappa shape index (κ1) is 19.9. The van der Waals surface area contributed by atoms with Gasteiger partial charge in [-0.1, -0.05) is 60.7 Å². The topological polar surface area (TPSA) is 84.3 Å². The van der Waals surface area contributed by atoms with E-state index in [1.54, 1.807) is 0 Å². The van der Waals surface area contributed by atoms with Gasteiger partial charge in [-0.15, -0.1) is 0 Å². The van der Waals surface area contributed by atoms with Crippen molar-refractivity contribution >= 4 is 5.91 Å². The standard InChI is InChI=1S/C20H19F2N3O3/c21-20(22)17(18(26)24-25-23)19(20,13-27-11-15-7-3-1-4-8-15)14-28-12-16-9-5-2-6-10-16/h1-10,17H,11-14H2. The first-order valence-electron chi connectivity index (χ1n) is 8.71. The molecule has 0 bridgehead atoms. The van der Waals surface area contributed by atoms with E-state index < -0.39 is 23.2 Å². The Kier molecular flexibility index (Phi) is 6.04. The normalized spacial score (nSPS) is 18.9. The van der Waals surface area contributed by atoms with Crippen LogP contribution in [0, 0.1) is 11.3 Å². The number of hydrogen-bond acceptors (Lipinski definition) is 3. The molecule has 1 fully saturated rings. The van der Waals surface area contributed by atoms with E-state index in [1.807, 2.05) is 60.7 Å². The van der Waals surface area contributed by atoms with Crippen molar-refractivity contribution in [2.24, 2.45) is 16.4 Å². The zero-order valence-corrected chi connectivity index (χ0v) is 15.0. The van der Waals surface area contributed by atoms with Gasteiger partial charge < -0.3 is 9.47 Å². The average molecular weight is 387 g/mol. The SMILES string of the molecule is [N-]=[N+]=NC(=O)C1C(F)(F)C1(COCc1ccccc1)COCc1ccccc1. The summed E-state index contributed by atoms with van der Waals surface area (Å²) in [7, 11) is 0. The fraction of sp³-hybridized carbons (Fsp3) is 0.350. The summed E-state index contributed by atoms with van der Waals surface area (Å²) in [5.74, 6) is -6.31. The number of azide groups is 1. The molecule has 0 radical (unpaired) electrons. The Morgan fingerprint density at radius 3 is 1.86 bits per heavy atom. The van der Waals surface area contributed by atoms with Gasteiger partial charge in [0.2, 0.25) is 5.91 Å². The van der Waals surface area contributed by atoms with Crippen LogP contribution in [0.3, 0.4) is 0 Å². The molecule has 3 rings (SSSR count). The number of alkyl halides is 2. The Morgan fingerprint density at radius 1 is 0.964 bits per heavy atom. The summed E-state index contributed by atoms with van der Waals surface area (Å²) < 4.78 is 40.1. The van der Waals surface area contributed by atoms with Crippen molar-refractivity contribution in [3.05, 3.63) is 82.2 Å². The van der Waals surface area contributed by atoms with Gasteiger partial charge in [0, 0.05) is 4.91 Å². The molecule has 8 heteroatoms. The number of carbonyl (C=O) groups is 1. The lowest BCUT2D eigenvalue weighted by Crippen LogP contribution is -2.25. The molecule has 6 nitrogen and oxygen atoms in total. The number of halogens is 2. The second-order valence-electron chi connectivity index (χ2n) is 6.70. The van der Waals surface area contributed by atoms with E-state index in [9.17, 15) is 13.6 Å². The maximum absolute atomic E-state index is 14.6. The number of benzene rings is 2. The van der Waals surface area contributed by atoms with E-state index in [4.69, 9.17) is 15.0 Å². The lowest BCUT2D eigenvalue weighted by Gasteiger charge is -2.17. The van der Waals surface area contributed by atoms with Gasteiger partial charge in [-0.3, -0.25) is 4.79 Å². The molecule has 1 aliphatic rings. The number of hydrogen-bond donors (Lipinski definition) is 0. The molecule has 0 heterocycles. The molecule has 28 heavy (non-hydrogen) atoms. The smallest absolute Gasteiger partial charge is 0.269 e. The van der Waals surface area contributed by atoms with E-state index in [-0.39, 0.29) is 26.4 Å². The molecular formula is C20H19F2N3O3. The predicted octanol–water partition coefficient (Wildman–Crippen LogP) is 4.51. The first-order valence-corrected chi connectivity index (χ1v) is 8.71. The van der Waals surface area contributed by atoms with Crippen LogP contribution in [-0.4, -0.2) is 25.0 Å². The van der Waals surface area contributed by atoms with Crippen LogP contribution in [0.15, 0.2) is 65.8 Å². The van der Waals surface area contributed by atoms with Gasteiger partial charge in [0.05, 0.1) is 31.8 Å². The molecule has 0 aliphatic heterocycles. The number of nitrogens with zero attached hydrogens (tertiary/aromatic N) is 3. The highest BCUT2D eigenvalue weighted by Crippen LogP contribution is 2.66. The van der Waals surface area contributed by atoms with Crippen molar-refractivity contribution in [2.75, 3.05) is 13.2 Å². The van der Waals surface area contributed by atoms with Gasteiger partial charge in [0.1, 0.15) is 5.92 Å². The van der Waals surface area contributed by atoms with Crippen molar-refractivity contribution in [1.29, 1.82) is 0 Å². The molecular weight excluding hydrogens is 368 g/mol. The van der Waals surface area contributed by atoms with Crippen LogP contribution in [0.1, 0.15) is 11.1 Å². The van der Waals surface area contributed by atoms with Crippen LogP contribution in [-0.2, 0) is 27.5 Å². The zero-order valence-electron chi connectivity index (χ0n) is 15.0. The quantitative estimate of drug-likeness (QED) is 0.360. The van der Waals surface area contributed by atoms with Crippen molar-refractivity contribution in [2.45, 2.75) is 19.1 Å². The fourth-order valence-electron chi connectivity index (χ4n) is 3.25. The Hall–Kier alpha value is -2.80. The fourth-order valence-corrected chi connectivity index (χ4v) is 3.25. The van der Waals surface area contributed by atoms with Crippen molar-refractivity contribution < 1.29 is 23.0 Å². The monoisotopic (exact) mass is 387 g/mol. The minimum absolute atomic E-state index is 0.125. The number of amides is 1. The van der Waals surface area contributed by atoms with Crippen molar-refractivity contribution in [1.82, 2.24) is 0 Å². The van der Waals surface area contributed by atoms with Crippen LogP contribution in [0.2, 0.25) is 0 Å². The molecule has 0 spiro atoms. The number of ether oxygens (including phenoxy) is 2. The third kappa shape index (κ3) is 4.04. The largest absolute Gasteiger partial charge is 0.376 e. The van der Waals surface area contributed by atoms with Crippen LogP contribution >= 0.6 is 0 Å². The summed E-state index contributed by atoms with van der Waals surface area (Å²) >= 11 is 0. The Bertz CT molecular complexity index is 810. The van der Waals surface area contributed by atoms with Gasteiger partial charge in [-0.2, -0.15) is 0 Å². The minimum atomic E-state index is -3.37. The molecule has 1 unspecified atom stereocenters. The van der Waals surface area contributed by atoms with E-state index in [2.05, 4.69) is 10.0 Å². The molecule has 1 aliphatic carbocycles. The van der Waals surface area contributed by atoms with Gasteiger partial charge >= 0.3 is 0 Å². The Morgan fingerprint density at radius 2 is 1.43 bits per heavy atom. The Balaban J connectivity index is 1.68. The molecule has 1 saturated carbocycles. The van der Waals surface area contributed by atoms with Crippen LogP contribution < -0.4 is 0 Å². The van der Waals surface area contributed by atoms with Gasteiger partial charge in [0.25, 0.3) is 5.92 Å². The molecule has 1 atom stereocenters.